The van der Waals surface area contributed by atoms with Gasteiger partial charge in [-0.15, -0.1) is 15.0 Å². The Bertz CT molecular complexity index is 2770. The van der Waals surface area contributed by atoms with Gasteiger partial charge in [-0.05, 0) is 88.4 Å². The first kappa shape index (κ1) is 37.3. The molecule has 0 N–H and O–H groups in total. The molecule has 0 unspecified atom stereocenters. The van der Waals surface area contributed by atoms with Crippen LogP contribution in [-0.2, 0) is 25.0 Å². The number of rotatable bonds is 13. The molecule has 6 aromatic carbocycles. The molecular weight excluding hydrogens is 737 g/mol. The molecule has 0 aliphatic heterocycles. The van der Waals surface area contributed by atoms with Crippen LogP contribution in [0.2, 0.25) is 0 Å². The summed E-state index contributed by atoms with van der Waals surface area (Å²) in [5.41, 5.74) is 12.1. The second-order valence-electron chi connectivity index (χ2n) is 16.2. The van der Waals surface area contributed by atoms with Gasteiger partial charge >= 0.3 is 0 Å². The number of hydrogen-bond acceptors (Lipinski definition) is 5. The number of tetrazole rings is 1. The lowest BCUT2D eigenvalue weighted by Gasteiger charge is -2.34. The standard InChI is InChI=1S/C52H48N8/c1-3-16-49-54-50-37(2)31-41(47-35-58(36-53-47)33-38-17-15-18-38)32-48(50)59(49)34-39-27-29-40(30-28-39)45-25-13-14-26-46(45)51-55-57-60(56-51)52(42-19-7-4-8-20-42,43-21-9-5-10-22-43)44-23-11-6-12-24-44/h4-14,19-32,35-36,38H,3,15-18,33-34H2,1-2H3. The highest BCUT2D eigenvalue weighted by atomic mass is 15.6. The van der Waals surface area contributed by atoms with E-state index in [0.717, 1.165) is 93.3 Å². The third kappa shape index (κ3) is 6.81. The molecule has 9 aromatic rings. The Morgan fingerprint density at radius 1 is 0.700 bits per heavy atom. The van der Waals surface area contributed by atoms with Gasteiger partial charge in [0.25, 0.3) is 0 Å². The van der Waals surface area contributed by atoms with Crippen LogP contribution in [-0.4, -0.2) is 39.3 Å². The molecule has 1 saturated carbocycles. The molecule has 0 saturated heterocycles. The Labute approximate surface area is 351 Å². The summed E-state index contributed by atoms with van der Waals surface area (Å²) in [6.07, 6.45) is 10.2. The van der Waals surface area contributed by atoms with Gasteiger partial charge in [0, 0.05) is 36.8 Å². The van der Waals surface area contributed by atoms with E-state index in [0.29, 0.717) is 5.82 Å². The quantitative estimate of drug-likeness (QED) is 0.109. The monoisotopic (exact) mass is 784 g/mol. The van der Waals surface area contributed by atoms with Crippen LogP contribution in [0, 0.1) is 12.8 Å². The predicted octanol–water partition coefficient (Wildman–Crippen LogP) is 11.2. The van der Waals surface area contributed by atoms with Crippen molar-refractivity contribution in [3.8, 4) is 33.8 Å². The summed E-state index contributed by atoms with van der Waals surface area (Å²) < 4.78 is 4.67. The molecule has 0 atom stereocenters. The Morgan fingerprint density at radius 3 is 1.95 bits per heavy atom. The van der Waals surface area contributed by atoms with Crippen molar-refractivity contribution < 1.29 is 0 Å². The van der Waals surface area contributed by atoms with Crippen LogP contribution in [0.1, 0.15) is 66.2 Å². The van der Waals surface area contributed by atoms with Crippen LogP contribution < -0.4 is 0 Å². The van der Waals surface area contributed by atoms with Crippen LogP contribution in [0.5, 0.6) is 0 Å². The lowest BCUT2D eigenvalue weighted by atomic mass is 9.77. The number of hydrogen-bond donors (Lipinski definition) is 0. The fourth-order valence-corrected chi connectivity index (χ4v) is 9.01. The predicted molar refractivity (Wildman–Crippen MR) is 239 cm³/mol. The molecule has 10 rings (SSSR count). The molecule has 3 aromatic heterocycles. The maximum absolute atomic E-state index is 5.23. The summed E-state index contributed by atoms with van der Waals surface area (Å²) in [7, 11) is 0. The topological polar surface area (TPSA) is 79.2 Å². The molecule has 0 spiro atoms. The Hall–Kier alpha value is -6.93. The summed E-state index contributed by atoms with van der Waals surface area (Å²) in [6.45, 7) is 6.18. The van der Waals surface area contributed by atoms with E-state index in [9.17, 15) is 0 Å². The molecule has 0 radical (unpaired) electrons. The second-order valence-corrected chi connectivity index (χ2v) is 16.2. The fraction of sp³-hybridized carbons (Fsp3) is 0.212. The zero-order valence-corrected chi connectivity index (χ0v) is 34.2. The smallest absolute Gasteiger partial charge is 0.205 e. The number of fused-ring (bicyclic) bond motifs is 1. The highest BCUT2D eigenvalue weighted by Gasteiger charge is 2.41. The van der Waals surface area contributed by atoms with E-state index >= 15 is 0 Å². The molecule has 8 heteroatoms. The van der Waals surface area contributed by atoms with Gasteiger partial charge in [0.05, 0.1) is 23.1 Å². The molecule has 1 aliphatic rings. The minimum atomic E-state index is -0.851. The first-order chi connectivity index (χ1) is 29.6. The largest absolute Gasteiger partial charge is 0.337 e. The van der Waals surface area contributed by atoms with Gasteiger partial charge in [-0.25, -0.2) is 9.97 Å². The molecular formula is C52H48N8. The molecule has 1 fully saturated rings. The zero-order chi connectivity index (χ0) is 40.5. The van der Waals surface area contributed by atoms with Crippen LogP contribution in [0.15, 0.2) is 164 Å². The van der Waals surface area contributed by atoms with Crippen molar-refractivity contribution in [2.75, 3.05) is 0 Å². The first-order valence-corrected chi connectivity index (χ1v) is 21.3. The normalized spacial score (nSPS) is 13.2. The highest BCUT2D eigenvalue weighted by molar-refractivity contribution is 5.85. The van der Waals surface area contributed by atoms with E-state index in [1.807, 2.05) is 30.6 Å². The van der Waals surface area contributed by atoms with E-state index in [2.05, 4.69) is 157 Å². The molecule has 0 amide bonds. The first-order valence-electron chi connectivity index (χ1n) is 21.3. The summed E-state index contributed by atoms with van der Waals surface area (Å²) in [6, 6.07) is 53.2. The highest BCUT2D eigenvalue weighted by Crippen LogP contribution is 2.41. The summed E-state index contributed by atoms with van der Waals surface area (Å²) >= 11 is 0. The van der Waals surface area contributed by atoms with Gasteiger partial charge < -0.3 is 9.13 Å². The van der Waals surface area contributed by atoms with E-state index in [1.54, 1.807) is 4.80 Å². The van der Waals surface area contributed by atoms with Gasteiger partial charge in [0.1, 0.15) is 5.82 Å². The van der Waals surface area contributed by atoms with E-state index in [-0.39, 0.29) is 0 Å². The average Bonchev–Trinajstić information content (AvgIpc) is 4.05. The Morgan fingerprint density at radius 2 is 1.33 bits per heavy atom. The third-order valence-corrected chi connectivity index (χ3v) is 12.3. The van der Waals surface area contributed by atoms with Crippen molar-refractivity contribution in [2.45, 2.75) is 64.6 Å². The Balaban J connectivity index is 0.987. The van der Waals surface area contributed by atoms with Gasteiger partial charge in [-0.1, -0.05) is 153 Å². The molecule has 0 bridgehead atoms. The van der Waals surface area contributed by atoms with Crippen molar-refractivity contribution >= 4 is 11.0 Å². The SMILES string of the molecule is CCCc1nc2c(C)cc(-c3cn(CC4CCC4)cn3)cc2n1Cc1ccc(-c2ccccc2-c2nnn(C(c3ccccc3)(c3ccccc3)c3ccccc3)n2)cc1. The molecule has 1 aliphatic carbocycles. The fourth-order valence-electron chi connectivity index (χ4n) is 9.01. The summed E-state index contributed by atoms with van der Waals surface area (Å²) in [4.78, 5) is 11.8. The van der Waals surface area contributed by atoms with Crippen molar-refractivity contribution in [2.24, 2.45) is 5.92 Å². The van der Waals surface area contributed by atoms with Crippen LogP contribution in [0.3, 0.4) is 0 Å². The summed E-state index contributed by atoms with van der Waals surface area (Å²) in [5, 5.41) is 14.8. The lowest BCUT2D eigenvalue weighted by Crippen LogP contribution is -2.39. The molecule has 60 heavy (non-hydrogen) atoms. The molecule has 3 heterocycles. The van der Waals surface area contributed by atoms with Gasteiger partial charge in [-0.2, -0.15) is 0 Å². The number of imidazole rings is 2. The zero-order valence-electron chi connectivity index (χ0n) is 34.2. The van der Waals surface area contributed by atoms with E-state index < -0.39 is 5.54 Å². The second kappa shape index (κ2) is 16.0. The van der Waals surface area contributed by atoms with Crippen LogP contribution >= 0.6 is 0 Å². The average molecular weight is 785 g/mol. The van der Waals surface area contributed by atoms with Crippen molar-refractivity contribution in [1.82, 2.24) is 39.3 Å². The van der Waals surface area contributed by atoms with Gasteiger partial charge in [0.2, 0.25) is 5.82 Å². The third-order valence-electron chi connectivity index (χ3n) is 12.3. The van der Waals surface area contributed by atoms with Gasteiger partial charge in [0.15, 0.2) is 5.54 Å². The van der Waals surface area contributed by atoms with Gasteiger partial charge in [-0.3, -0.25) is 0 Å². The van der Waals surface area contributed by atoms with E-state index in [4.69, 9.17) is 25.4 Å². The van der Waals surface area contributed by atoms with Crippen molar-refractivity contribution in [1.29, 1.82) is 0 Å². The van der Waals surface area contributed by atoms with Crippen LogP contribution in [0.4, 0.5) is 0 Å². The number of benzene rings is 6. The van der Waals surface area contributed by atoms with Crippen LogP contribution in [0.25, 0.3) is 44.8 Å². The van der Waals surface area contributed by atoms with Crippen molar-refractivity contribution in [3.05, 3.63) is 198 Å². The van der Waals surface area contributed by atoms with Crippen molar-refractivity contribution in [3.63, 3.8) is 0 Å². The number of aromatic nitrogens is 8. The minimum Gasteiger partial charge on any atom is -0.337 e. The van der Waals surface area contributed by atoms with E-state index in [1.165, 1.54) is 30.4 Å². The Kier molecular flexibility index (Phi) is 9.97. The molecule has 296 valence electrons. The maximum Gasteiger partial charge on any atom is 0.205 e. The maximum atomic E-state index is 5.23. The summed E-state index contributed by atoms with van der Waals surface area (Å²) in [5.74, 6) is 2.46. The number of aryl methyl sites for hydroxylation is 2. The molecule has 8 nitrogen and oxygen atoms in total. The number of nitrogens with zero attached hydrogens (tertiary/aromatic N) is 8. The minimum absolute atomic E-state index is 0.565. The lowest BCUT2D eigenvalue weighted by molar-refractivity contribution is 0.276.